The van der Waals surface area contributed by atoms with Crippen LogP contribution >= 0.6 is 0 Å². The van der Waals surface area contributed by atoms with Crippen LogP contribution in [0.15, 0.2) is 78.9 Å². The molecule has 0 N–H and O–H groups in total. The van der Waals surface area contributed by atoms with Gasteiger partial charge in [-0.1, -0.05) is 74.2 Å². The van der Waals surface area contributed by atoms with E-state index in [-0.39, 0.29) is 0 Å². The minimum Gasteiger partial charge on any atom is -0.0988 e. The van der Waals surface area contributed by atoms with Gasteiger partial charge in [0.15, 0.2) is 0 Å². The highest BCUT2D eigenvalue weighted by atomic mass is 14.1. The Kier molecular flexibility index (Phi) is 5.55. The van der Waals surface area contributed by atoms with Crippen molar-refractivity contribution in [3.63, 3.8) is 0 Å². The SMILES string of the molecule is C=C/C(CC)=C(\C=C/C)c1cc(-c2ccccc2)ccc1C. The number of aryl methyl sites for hydroxylation is 1. The van der Waals surface area contributed by atoms with Gasteiger partial charge in [0.25, 0.3) is 0 Å². The number of rotatable bonds is 5. The third kappa shape index (κ3) is 3.46. The summed E-state index contributed by atoms with van der Waals surface area (Å²) < 4.78 is 0. The van der Waals surface area contributed by atoms with Crippen LogP contribution in [0, 0.1) is 6.92 Å². The quantitative estimate of drug-likeness (QED) is 0.544. The second kappa shape index (κ2) is 7.61. The number of benzene rings is 2. The first-order valence-electron chi connectivity index (χ1n) is 7.86. The molecule has 0 atom stereocenters. The summed E-state index contributed by atoms with van der Waals surface area (Å²) in [4.78, 5) is 0. The minimum absolute atomic E-state index is 0.984. The van der Waals surface area contributed by atoms with Gasteiger partial charge in [0.2, 0.25) is 0 Å². The van der Waals surface area contributed by atoms with Crippen LogP contribution < -0.4 is 0 Å². The van der Waals surface area contributed by atoms with Gasteiger partial charge in [-0.15, -0.1) is 0 Å². The first-order chi connectivity index (χ1) is 10.7. The average Bonchev–Trinajstić information content (AvgIpc) is 2.56. The van der Waals surface area contributed by atoms with Crippen molar-refractivity contribution in [1.29, 1.82) is 0 Å². The molecule has 112 valence electrons. The largest absolute Gasteiger partial charge is 0.0988 e. The normalized spacial score (nSPS) is 12.3. The van der Waals surface area contributed by atoms with Crippen LogP contribution in [0.2, 0.25) is 0 Å². The lowest BCUT2D eigenvalue weighted by atomic mass is 9.91. The van der Waals surface area contributed by atoms with E-state index in [4.69, 9.17) is 0 Å². The zero-order valence-electron chi connectivity index (χ0n) is 13.8. The molecule has 2 aromatic rings. The number of hydrogen-bond donors (Lipinski definition) is 0. The molecule has 0 bridgehead atoms. The van der Waals surface area contributed by atoms with E-state index in [1.165, 1.54) is 33.4 Å². The first kappa shape index (κ1) is 16.0. The molecule has 0 amide bonds. The van der Waals surface area contributed by atoms with E-state index in [0.717, 1.165) is 6.42 Å². The summed E-state index contributed by atoms with van der Waals surface area (Å²) in [6.07, 6.45) is 7.25. The minimum atomic E-state index is 0.984. The summed E-state index contributed by atoms with van der Waals surface area (Å²) in [5.41, 5.74) is 7.64. The molecule has 0 heteroatoms. The Morgan fingerprint density at radius 2 is 1.77 bits per heavy atom. The summed E-state index contributed by atoms with van der Waals surface area (Å²) in [6, 6.07) is 17.2. The molecular weight excluding hydrogens is 264 g/mol. The highest BCUT2D eigenvalue weighted by Crippen LogP contribution is 2.30. The molecule has 0 unspecified atom stereocenters. The topological polar surface area (TPSA) is 0 Å². The summed E-state index contributed by atoms with van der Waals surface area (Å²) in [5, 5.41) is 0. The lowest BCUT2D eigenvalue weighted by molar-refractivity contribution is 1.15. The van der Waals surface area contributed by atoms with E-state index >= 15 is 0 Å². The smallest absolute Gasteiger partial charge is 0.0146 e. The third-order valence-electron chi connectivity index (χ3n) is 3.94. The summed E-state index contributed by atoms with van der Waals surface area (Å²) in [6.45, 7) is 10.4. The van der Waals surface area contributed by atoms with Gasteiger partial charge < -0.3 is 0 Å². The molecule has 0 radical (unpaired) electrons. The fourth-order valence-electron chi connectivity index (χ4n) is 2.70. The van der Waals surface area contributed by atoms with Crippen LogP contribution in [0.3, 0.4) is 0 Å². The predicted octanol–water partition coefficient (Wildman–Crippen LogP) is 6.59. The second-order valence-electron chi connectivity index (χ2n) is 5.39. The van der Waals surface area contributed by atoms with E-state index in [1.54, 1.807) is 0 Å². The molecule has 22 heavy (non-hydrogen) atoms. The Morgan fingerprint density at radius 1 is 1.05 bits per heavy atom. The van der Waals surface area contributed by atoms with Gasteiger partial charge in [-0.3, -0.25) is 0 Å². The fraction of sp³-hybridized carbons (Fsp3) is 0.182. The molecule has 0 saturated carbocycles. The number of allylic oxidation sites excluding steroid dienone is 5. The fourth-order valence-corrected chi connectivity index (χ4v) is 2.70. The van der Waals surface area contributed by atoms with Crippen molar-refractivity contribution in [2.45, 2.75) is 27.2 Å². The molecule has 0 heterocycles. The van der Waals surface area contributed by atoms with Gasteiger partial charge >= 0.3 is 0 Å². The maximum atomic E-state index is 3.98. The summed E-state index contributed by atoms with van der Waals surface area (Å²) in [5.74, 6) is 0. The van der Waals surface area contributed by atoms with Crippen molar-refractivity contribution in [2.75, 3.05) is 0 Å². The molecule has 0 aliphatic heterocycles. The van der Waals surface area contributed by atoms with Gasteiger partial charge in [-0.2, -0.15) is 0 Å². The van der Waals surface area contributed by atoms with Gasteiger partial charge in [-0.05, 0) is 59.7 Å². The lowest BCUT2D eigenvalue weighted by Crippen LogP contribution is -1.92. The zero-order chi connectivity index (χ0) is 15.9. The molecule has 0 nitrogen and oxygen atoms in total. The van der Waals surface area contributed by atoms with Crippen molar-refractivity contribution >= 4 is 5.57 Å². The predicted molar refractivity (Wildman–Crippen MR) is 98.8 cm³/mol. The van der Waals surface area contributed by atoms with Crippen LogP contribution in [-0.4, -0.2) is 0 Å². The van der Waals surface area contributed by atoms with Crippen molar-refractivity contribution in [3.8, 4) is 11.1 Å². The average molecular weight is 288 g/mol. The van der Waals surface area contributed by atoms with Crippen molar-refractivity contribution in [3.05, 3.63) is 90.0 Å². The summed E-state index contributed by atoms with van der Waals surface area (Å²) >= 11 is 0. The van der Waals surface area contributed by atoms with Gasteiger partial charge in [0.1, 0.15) is 0 Å². The first-order valence-corrected chi connectivity index (χ1v) is 7.86. The number of hydrogen-bond acceptors (Lipinski definition) is 0. The Morgan fingerprint density at radius 3 is 2.36 bits per heavy atom. The van der Waals surface area contributed by atoms with E-state index < -0.39 is 0 Å². The Hall–Kier alpha value is -2.34. The molecule has 0 saturated heterocycles. The van der Waals surface area contributed by atoms with Gasteiger partial charge in [0.05, 0.1) is 0 Å². The third-order valence-corrected chi connectivity index (χ3v) is 3.94. The Balaban J connectivity index is 2.64. The molecule has 2 rings (SSSR count). The molecular formula is C22H24. The van der Waals surface area contributed by atoms with E-state index in [1.807, 2.05) is 6.08 Å². The maximum Gasteiger partial charge on any atom is -0.0146 e. The highest BCUT2D eigenvalue weighted by molar-refractivity contribution is 5.82. The monoisotopic (exact) mass is 288 g/mol. The zero-order valence-corrected chi connectivity index (χ0v) is 13.8. The van der Waals surface area contributed by atoms with Crippen LogP contribution in [0.4, 0.5) is 0 Å². The molecule has 0 aromatic heterocycles. The van der Waals surface area contributed by atoms with Crippen molar-refractivity contribution in [1.82, 2.24) is 0 Å². The van der Waals surface area contributed by atoms with Crippen LogP contribution in [0.1, 0.15) is 31.4 Å². The van der Waals surface area contributed by atoms with E-state index in [9.17, 15) is 0 Å². The van der Waals surface area contributed by atoms with Gasteiger partial charge in [-0.25, -0.2) is 0 Å². The molecule has 0 aliphatic rings. The second-order valence-corrected chi connectivity index (χ2v) is 5.39. The van der Waals surface area contributed by atoms with Crippen LogP contribution in [0.5, 0.6) is 0 Å². The van der Waals surface area contributed by atoms with Gasteiger partial charge in [0, 0.05) is 0 Å². The lowest BCUT2D eigenvalue weighted by Gasteiger charge is -2.13. The van der Waals surface area contributed by atoms with E-state index in [0.29, 0.717) is 0 Å². The molecule has 0 fully saturated rings. The maximum absolute atomic E-state index is 3.98. The van der Waals surface area contributed by atoms with E-state index in [2.05, 4.69) is 88.0 Å². The molecule has 2 aromatic carbocycles. The molecule has 0 spiro atoms. The Bertz CT molecular complexity index is 700. The highest BCUT2D eigenvalue weighted by Gasteiger charge is 2.08. The van der Waals surface area contributed by atoms with Crippen molar-refractivity contribution in [2.24, 2.45) is 0 Å². The summed E-state index contributed by atoms with van der Waals surface area (Å²) in [7, 11) is 0. The van der Waals surface area contributed by atoms with Crippen LogP contribution in [0.25, 0.3) is 16.7 Å². The van der Waals surface area contributed by atoms with Crippen molar-refractivity contribution < 1.29 is 0 Å². The molecule has 0 aliphatic carbocycles. The Labute approximate surface area is 134 Å². The standard InChI is InChI=1S/C22H24/c1-5-11-21(18(6-2)7-3)22-16-20(15-14-17(22)4)19-12-9-8-10-13-19/h5-6,8-16H,2,7H2,1,3-4H3/b11-5-,21-18-. The van der Waals surface area contributed by atoms with Crippen LogP contribution in [-0.2, 0) is 0 Å².